The molecule has 0 bridgehead atoms. The fourth-order valence-corrected chi connectivity index (χ4v) is 2.13. The van der Waals surface area contributed by atoms with E-state index in [1.165, 1.54) is 24.8 Å². The van der Waals surface area contributed by atoms with Crippen LogP contribution in [0.1, 0.15) is 24.8 Å². The maximum absolute atomic E-state index is 5.95. The van der Waals surface area contributed by atoms with Gasteiger partial charge in [-0.15, -0.1) is 0 Å². The zero-order valence-corrected chi connectivity index (χ0v) is 11.5. The zero-order valence-electron chi connectivity index (χ0n) is 9.82. The number of benzene rings is 1. The molecule has 0 aliphatic carbocycles. The molecule has 0 radical (unpaired) electrons. The van der Waals surface area contributed by atoms with Gasteiger partial charge in [-0.25, -0.2) is 0 Å². The van der Waals surface area contributed by atoms with Gasteiger partial charge in [-0.2, -0.15) is 12.6 Å². The Morgan fingerprint density at radius 3 is 2.75 bits per heavy atom. The molecule has 0 saturated heterocycles. The van der Waals surface area contributed by atoms with Crippen LogP contribution in [0.25, 0.3) is 0 Å². The van der Waals surface area contributed by atoms with E-state index < -0.39 is 0 Å². The van der Waals surface area contributed by atoms with Gasteiger partial charge in [-0.1, -0.05) is 30.2 Å². The lowest BCUT2D eigenvalue weighted by molar-refractivity contribution is 0.318. The summed E-state index contributed by atoms with van der Waals surface area (Å²) in [7, 11) is 2.15. The van der Waals surface area contributed by atoms with Crippen molar-refractivity contribution in [2.75, 3.05) is 19.3 Å². The molecule has 0 unspecified atom stereocenters. The number of hydrogen-bond donors (Lipinski definition) is 1. The Kier molecular flexibility index (Phi) is 6.93. The van der Waals surface area contributed by atoms with E-state index in [1.54, 1.807) is 0 Å². The largest absolute Gasteiger partial charge is 0.302 e. The maximum atomic E-state index is 5.95. The number of rotatable bonds is 7. The van der Waals surface area contributed by atoms with Gasteiger partial charge in [0.05, 0.1) is 0 Å². The van der Waals surface area contributed by atoms with E-state index in [0.717, 1.165) is 23.9 Å². The van der Waals surface area contributed by atoms with Crippen molar-refractivity contribution < 1.29 is 0 Å². The summed E-state index contributed by atoms with van der Waals surface area (Å²) in [5.41, 5.74) is 1.28. The van der Waals surface area contributed by atoms with Crippen molar-refractivity contribution in [1.82, 2.24) is 4.90 Å². The van der Waals surface area contributed by atoms with Crippen LogP contribution in [0, 0.1) is 0 Å². The first kappa shape index (κ1) is 13.9. The topological polar surface area (TPSA) is 3.24 Å². The summed E-state index contributed by atoms with van der Waals surface area (Å²) < 4.78 is 0. The molecule has 0 atom stereocenters. The molecule has 1 aromatic rings. The Morgan fingerprint density at radius 2 is 2.06 bits per heavy atom. The van der Waals surface area contributed by atoms with Crippen molar-refractivity contribution >= 4 is 24.2 Å². The first-order valence-corrected chi connectivity index (χ1v) is 6.77. The average Bonchev–Trinajstić information content (AvgIpc) is 2.24. The Bertz CT molecular complexity index is 304. The number of hydrogen-bond acceptors (Lipinski definition) is 2. The molecular formula is C13H20ClNS. The lowest BCUT2D eigenvalue weighted by Crippen LogP contribution is -2.19. The van der Waals surface area contributed by atoms with Crippen LogP contribution in [-0.4, -0.2) is 24.2 Å². The highest BCUT2D eigenvalue weighted by molar-refractivity contribution is 7.80. The van der Waals surface area contributed by atoms with Gasteiger partial charge in [0.2, 0.25) is 0 Å². The van der Waals surface area contributed by atoms with Crippen LogP contribution >= 0.6 is 24.2 Å². The molecule has 0 aliphatic rings. The summed E-state index contributed by atoms with van der Waals surface area (Å²) in [6.07, 6.45) is 3.73. The Hall–Kier alpha value is -0.180. The second-order valence-electron chi connectivity index (χ2n) is 4.15. The van der Waals surface area contributed by atoms with Gasteiger partial charge in [0.15, 0.2) is 0 Å². The summed E-state index contributed by atoms with van der Waals surface area (Å²) >= 11 is 10.2. The van der Waals surface area contributed by atoms with Crippen LogP contribution in [0.15, 0.2) is 24.3 Å². The van der Waals surface area contributed by atoms with Gasteiger partial charge in [0.25, 0.3) is 0 Å². The molecule has 90 valence electrons. The molecular weight excluding hydrogens is 238 g/mol. The van der Waals surface area contributed by atoms with Gasteiger partial charge in [-0.3, -0.25) is 0 Å². The summed E-state index contributed by atoms with van der Waals surface area (Å²) in [5, 5.41) is 0.820. The predicted octanol–water partition coefficient (Wildman–Crippen LogP) is 3.87. The third-order valence-corrected chi connectivity index (χ3v) is 3.09. The Morgan fingerprint density at radius 1 is 1.25 bits per heavy atom. The molecule has 0 aliphatic heterocycles. The highest BCUT2D eigenvalue weighted by atomic mass is 35.5. The van der Waals surface area contributed by atoms with E-state index in [9.17, 15) is 0 Å². The highest BCUT2D eigenvalue weighted by Crippen LogP contribution is 2.12. The van der Waals surface area contributed by atoms with Crippen LogP contribution in [0.5, 0.6) is 0 Å². The van der Waals surface area contributed by atoms with Gasteiger partial charge in [0, 0.05) is 11.6 Å². The van der Waals surface area contributed by atoms with Crippen molar-refractivity contribution in [2.45, 2.75) is 25.8 Å². The summed E-state index contributed by atoms with van der Waals surface area (Å²) in [5.74, 6) is 0.998. The third-order valence-electron chi connectivity index (χ3n) is 2.54. The van der Waals surface area contributed by atoms with Gasteiger partial charge < -0.3 is 4.90 Å². The van der Waals surface area contributed by atoms with Crippen LogP contribution in [0.4, 0.5) is 0 Å². The molecule has 0 saturated carbocycles. The SMILES string of the molecule is CN(CCCCCS)Cc1cccc(Cl)c1. The predicted molar refractivity (Wildman–Crippen MR) is 75.5 cm³/mol. The fraction of sp³-hybridized carbons (Fsp3) is 0.538. The second kappa shape index (κ2) is 7.99. The maximum Gasteiger partial charge on any atom is 0.0409 e. The molecule has 0 heterocycles. The van der Waals surface area contributed by atoms with E-state index in [-0.39, 0.29) is 0 Å². The van der Waals surface area contributed by atoms with Crippen molar-refractivity contribution in [3.63, 3.8) is 0 Å². The standard InChI is InChI=1S/C13H20ClNS/c1-15(8-3-2-4-9-16)11-12-6-5-7-13(14)10-12/h5-7,10,16H,2-4,8-9,11H2,1H3. The number of unbranched alkanes of at least 4 members (excludes halogenated alkanes) is 2. The number of thiol groups is 1. The van der Waals surface area contributed by atoms with E-state index >= 15 is 0 Å². The molecule has 0 spiro atoms. The van der Waals surface area contributed by atoms with Crippen molar-refractivity contribution in [2.24, 2.45) is 0 Å². The number of nitrogens with zero attached hydrogens (tertiary/aromatic N) is 1. The molecule has 0 fully saturated rings. The minimum Gasteiger partial charge on any atom is -0.302 e. The quantitative estimate of drug-likeness (QED) is 0.573. The van der Waals surface area contributed by atoms with E-state index in [0.29, 0.717) is 0 Å². The zero-order chi connectivity index (χ0) is 11.8. The summed E-state index contributed by atoms with van der Waals surface area (Å²) in [6, 6.07) is 8.08. The van der Waals surface area contributed by atoms with Gasteiger partial charge in [0.1, 0.15) is 0 Å². The minimum absolute atomic E-state index is 0.820. The Labute approximate surface area is 109 Å². The van der Waals surface area contributed by atoms with E-state index in [4.69, 9.17) is 11.6 Å². The molecule has 16 heavy (non-hydrogen) atoms. The Balaban J connectivity index is 2.25. The molecule has 1 aromatic carbocycles. The summed E-state index contributed by atoms with van der Waals surface area (Å²) in [4.78, 5) is 2.34. The smallest absolute Gasteiger partial charge is 0.0409 e. The molecule has 0 N–H and O–H groups in total. The van der Waals surface area contributed by atoms with Gasteiger partial charge in [-0.05, 0) is 49.9 Å². The molecule has 1 nitrogen and oxygen atoms in total. The van der Waals surface area contributed by atoms with Crippen LogP contribution in [-0.2, 0) is 6.54 Å². The first-order chi connectivity index (χ1) is 7.72. The lowest BCUT2D eigenvalue weighted by atomic mass is 10.2. The highest BCUT2D eigenvalue weighted by Gasteiger charge is 2.00. The third kappa shape index (κ3) is 5.78. The van der Waals surface area contributed by atoms with Crippen LogP contribution in [0.3, 0.4) is 0 Å². The van der Waals surface area contributed by atoms with Crippen LogP contribution in [0.2, 0.25) is 5.02 Å². The fourth-order valence-electron chi connectivity index (χ4n) is 1.70. The molecule has 3 heteroatoms. The lowest BCUT2D eigenvalue weighted by Gasteiger charge is -2.16. The van der Waals surface area contributed by atoms with Gasteiger partial charge >= 0.3 is 0 Å². The molecule has 0 amide bonds. The van der Waals surface area contributed by atoms with E-state index in [2.05, 4.69) is 30.6 Å². The van der Waals surface area contributed by atoms with Crippen molar-refractivity contribution in [1.29, 1.82) is 0 Å². The van der Waals surface area contributed by atoms with Crippen molar-refractivity contribution in [3.8, 4) is 0 Å². The van der Waals surface area contributed by atoms with Crippen molar-refractivity contribution in [3.05, 3.63) is 34.9 Å². The normalized spacial score (nSPS) is 11.0. The molecule has 0 aromatic heterocycles. The minimum atomic E-state index is 0.820. The summed E-state index contributed by atoms with van der Waals surface area (Å²) in [6.45, 7) is 2.11. The average molecular weight is 258 g/mol. The van der Waals surface area contributed by atoms with E-state index in [1.807, 2.05) is 18.2 Å². The first-order valence-electron chi connectivity index (χ1n) is 5.76. The van der Waals surface area contributed by atoms with Crippen LogP contribution < -0.4 is 0 Å². The number of halogens is 1. The second-order valence-corrected chi connectivity index (χ2v) is 5.04. The molecule has 1 rings (SSSR count). The monoisotopic (exact) mass is 257 g/mol.